The zero-order valence-corrected chi connectivity index (χ0v) is 19.2. The van der Waals surface area contributed by atoms with Gasteiger partial charge in [0.05, 0.1) is 18.5 Å². The lowest BCUT2D eigenvalue weighted by atomic mass is 10.1. The lowest BCUT2D eigenvalue weighted by molar-refractivity contribution is 0.0527. The van der Waals surface area contributed by atoms with Gasteiger partial charge < -0.3 is 20.3 Å². The van der Waals surface area contributed by atoms with E-state index in [0.717, 1.165) is 13.1 Å². The van der Waals surface area contributed by atoms with E-state index in [9.17, 15) is 9.59 Å². The van der Waals surface area contributed by atoms with Crippen LogP contribution in [0.4, 0.5) is 11.5 Å². The number of carbonyl (C=O) groups is 2. The van der Waals surface area contributed by atoms with Gasteiger partial charge in [0.15, 0.2) is 0 Å². The van der Waals surface area contributed by atoms with Gasteiger partial charge >= 0.3 is 5.97 Å². The lowest BCUT2D eigenvalue weighted by Gasteiger charge is -2.37. The normalized spacial score (nSPS) is 13.8. The van der Waals surface area contributed by atoms with Crippen LogP contribution in [-0.2, 0) is 4.74 Å². The van der Waals surface area contributed by atoms with Crippen LogP contribution in [0.1, 0.15) is 38.8 Å². The van der Waals surface area contributed by atoms with Crippen molar-refractivity contribution in [3.05, 3.63) is 70.9 Å². The number of aryl methyl sites for hydroxylation is 2. The molecule has 2 aromatic carbocycles. The predicted molar refractivity (Wildman–Crippen MR) is 128 cm³/mol. The van der Waals surface area contributed by atoms with Gasteiger partial charge in [-0.05, 0) is 62.2 Å². The number of rotatable bonds is 5. The van der Waals surface area contributed by atoms with Gasteiger partial charge in [-0.25, -0.2) is 9.48 Å². The van der Waals surface area contributed by atoms with E-state index >= 15 is 0 Å². The molecule has 0 bridgehead atoms. The summed E-state index contributed by atoms with van der Waals surface area (Å²) in [6.07, 6.45) is 1.39. The molecule has 33 heavy (non-hydrogen) atoms. The summed E-state index contributed by atoms with van der Waals surface area (Å²) < 4.78 is 6.46. The molecular weight excluding hydrogens is 418 g/mol. The molecule has 3 aromatic rings. The Morgan fingerprint density at radius 1 is 1.03 bits per heavy atom. The molecule has 1 aromatic heterocycles. The second kappa shape index (κ2) is 9.36. The minimum absolute atomic E-state index is 0.00261. The maximum absolute atomic E-state index is 13.0. The second-order valence-corrected chi connectivity index (χ2v) is 8.19. The first-order valence-electron chi connectivity index (χ1n) is 11.1. The Morgan fingerprint density at radius 2 is 1.73 bits per heavy atom. The highest BCUT2D eigenvalue weighted by Crippen LogP contribution is 2.24. The van der Waals surface area contributed by atoms with Crippen LogP contribution in [0.15, 0.2) is 48.7 Å². The zero-order chi connectivity index (χ0) is 23.5. The molecule has 0 radical (unpaired) electrons. The van der Waals surface area contributed by atoms with Crippen molar-refractivity contribution in [1.82, 2.24) is 14.7 Å². The van der Waals surface area contributed by atoms with Gasteiger partial charge in [0.25, 0.3) is 5.91 Å². The Kier molecular flexibility index (Phi) is 6.35. The largest absolute Gasteiger partial charge is 0.462 e. The molecule has 0 spiro atoms. The highest BCUT2D eigenvalue weighted by molar-refractivity contribution is 5.95. The predicted octanol–water partition coefficient (Wildman–Crippen LogP) is 3.21. The topological polar surface area (TPSA) is 93.7 Å². The summed E-state index contributed by atoms with van der Waals surface area (Å²) in [6, 6.07) is 13.6. The molecule has 0 aliphatic carbocycles. The van der Waals surface area contributed by atoms with Crippen molar-refractivity contribution >= 4 is 23.4 Å². The Bertz CT molecular complexity index is 1160. The molecule has 1 saturated heterocycles. The number of nitrogens with zero attached hydrogens (tertiary/aromatic N) is 4. The van der Waals surface area contributed by atoms with Gasteiger partial charge in [-0.1, -0.05) is 12.1 Å². The summed E-state index contributed by atoms with van der Waals surface area (Å²) in [7, 11) is 0. The van der Waals surface area contributed by atoms with Crippen molar-refractivity contribution < 1.29 is 14.3 Å². The quantitative estimate of drug-likeness (QED) is 0.604. The Morgan fingerprint density at radius 3 is 2.39 bits per heavy atom. The Balaban J connectivity index is 1.42. The fraction of sp³-hybridized carbons (Fsp3) is 0.320. The molecule has 172 valence electrons. The summed E-state index contributed by atoms with van der Waals surface area (Å²) in [5.41, 5.74) is 11.3. The van der Waals surface area contributed by atoms with E-state index in [-0.39, 0.29) is 23.9 Å². The van der Waals surface area contributed by atoms with E-state index in [2.05, 4.69) is 42.0 Å². The second-order valence-electron chi connectivity index (χ2n) is 8.19. The van der Waals surface area contributed by atoms with Gasteiger partial charge in [-0.3, -0.25) is 4.79 Å². The van der Waals surface area contributed by atoms with Crippen LogP contribution in [0, 0.1) is 13.8 Å². The number of esters is 1. The third-order valence-corrected chi connectivity index (χ3v) is 5.93. The lowest BCUT2D eigenvalue weighted by Crippen LogP contribution is -2.49. The average Bonchev–Trinajstić information content (AvgIpc) is 3.22. The number of hydrogen-bond donors (Lipinski definition) is 1. The molecule has 2 heterocycles. The number of aromatic nitrogens is 2. The summed E-state index contributed by atoms with van der Waals surface area (Å²) >= 11 is 0. The molecule has 1 fully saturated rings. The molecule has 8 nitrogen and oxygen atoms in total. The summed E-state index contributed by atoms with van der Waals surface area (Å²) in [5, 5.41) is 4.19. The minimum atomic E-state index is -0.506. The Hall–Kier alpha value is -3.81. The molecular formula is C25H29N5O3. The van der Waals surface area contributed by atoms with Crippen LogP contribution < -0.4 is 10.6 Å². The van der Waals surface area contributed by atoms with Gasteiger partial charge in [0, 0.05) is 37.4 Å². The molecule has 8 heteroatoms. The number of piperazine rings is 1. The van der Waals surface area contributed by atoms with E-state index in [1.54, 1.807) is 31.2 Å². The fourth-order valence-corrected chi connectivity index (χ4v) is 4.07. The van der Waals surface area contributed by atoms with E-state index in [0.29, 0.717) is 24.3 Å². The first-order valence-corrected chi connectivity index (χ1v) is 11.1. The number of hydrogen-bond acceptors (Lipinski definition) is 6. The summed E-state index contributed by atoms with van der Waals surface area (Å²) in [4.78, 5) is 29.2. The van der Waals surface area contributed by atoms with E-state index in [1.165, 1.54) is 27.7 Å². The molecule has 0 atom stereocenters. The van der Waals surface area contributed by atoms with Gasteiger partial charge in [0.1, 0.15) is 11.4 Å². The van der Waals surface area contributed by atoms with Crippen molar-refractivity contribution in [1.29, 1.82) is 0 Å². The summed E-state index contributed by atoms with van der Waals surface area (Å²) in [6.45, 7) is 9.16. The number of ether oxygens (including phenoxy) is 1. The van der Waals surface area contributed by atoms with Crippen molar-refractivity contribution in [3.63, 3.8) is 0 Å². The van der Waals surface area contributed by atoms with E-state index in [4.69, 9.17) is 10.5 Å². The van der Waals surface area contributed by atoms with Crippen LogP contribution in [-0.4, -0.2) is 59.3 Å². The highest BCUT2D eigenvalue weighted by Gasteiger charge is 2.23. The zero-order valence-electron chi connectivity index (χ0n) is 19.2. The Labute approximate surface area is 193 Å². The first-order chi connectivity index (χ1) is 15.9. The van der Waals surface area contributed by atoms with Crippen molar-refractivity contribution in [2.45, 2.75) is 20.8 Å². The van der Waals surface area contributed by atoms with Gasteiger partial charge in [0.2, 0.25) is 0 Å². The minimum Gasteiger partial charge on any atom is -0.462 e. The molecule has 4 rings (SSSR count). The van der Waals surface area contributed by atoms with Crippen LogP contribution in [0.3, 0.4) is 0 Å². The fourth-order valence-electron chi connectivity index (χ4n) is 4.07. The van der Waals surface area contributed by atoms with E-state index in [1.807, 2.05) is 4.90 Å². The van der Waals surface area contributed by atoms with Crippen LogP contribution in [0.5, 0.6) is 0 Å². The molecule has 1 aliphatic rings. The SMILES string of the molecule is CCOC(=O)c1cnn(-c2ccc(C(=O)N3CCN(c4cc(C)ccc4C)CC3)cc2)c1N. The van der Waals surface area contributed by atoms with E-state index < -0.39 is 5.97 Å². The summed E-state index contributed by atoms with van der Waals surface area (Å²) in [5.74, 6) is -0.300. The van der Waals surface area contributed by atoms with Crippen LogP contribution in [0.25, 0.3) is 5.69 Å². The number of nitrogen functional groups attached to an aromatic ring is 1. The molecule has 0 saturated carbocycles. The molecule has 2 N–H and O–H groups in total. The number of benzene rings is 2. The van der Waals surface area contributed by atoms with Crippen molar-refractivity contribution in [2.75, 3.05) is 43.4 Å². The maximum Gasteiger partial charge on any atom is 0.343 e. The molecule has 1 aliphatic heterocycles. The smallest absolute Gasteiger partial charge is 0.343 e. The van der Waals surface area contributed by atoms with Crippen LogP contribution in [0.2, 0.25) is 0 Å². The van der Waals surface area contributed by atoms with Gasteiger partial charge in [-0.2, -0.15) is 5.10 Å². The molecule has 0 unspecified atom stereocenters. The number of anilines is 2. The van der Waals surface area contributed by atoms with Gasteiger partial charge in [-0.15, -0.1) is 0 Å². The highest BCUT2D eigenvalue weighted by atomic mass is 16.5. The standard InChI is InChI=1S/C25H29N5O3/c1-4-33-25(32)21-16-27-30(23(21)26)20-9-7-19(8-10-20)24(31)29-13-11-28(12-14-29)22-15-17(2)5-6-18(22)3/h5-10,15-16H,4,11-14,26H2,1-3H3. The third-order valence-electron chi connectivity index (χ3n) is 5.93. The van der Waals surface area contributed by atoms with Crippen molar-refractivity contribution in [2.24, 2.45) is 0 Å². The van der Waals surface area contributed by atoms with Crippen LogP contribution >= 0.6 is 0 Å². The third kappa shape index (κ3) is 4.55. The first kappa shape index (κ1) is 22.4. The van der Waals surface area contributed by atoms with Crippen molar-refractivity contribution in [3.8, 4) is 5.69 Å². The number of nitrogens with two attached hydrogens (primary N) is 1. The average molecular weight is 448 g/mol. The maximum atomic E-state index is 13.0. The monoisotopic (exact) mass is 447 g/mol. The number of carbonyl (C=O) groups excluding carboxylic acids is 2. The molecule has 1 amide bonds. The number of amides is 1.